The average molecular weight is 303 g/mol. The molecule has 0 radical (unpaired) electrons. The van der Waals surface area contributed by atoms with Crippen LogP contribution in [0.2, 0.25) is 0 Å². The number of anilines is 1. The Bertz CT molecular complexity index is 913. The van der Waals surface area contributed by atoms with E-state index in [2.05, 4.69) is 10.1 Å². The van der Waals surface area contributed by atoms with Gasteiger partial charge < -0.3 is 10.3 Å². The van der Waals surface area contributed by atoms with E-state index in [0.717, 1.165) is 22.3 Å². The molecule has 5 heteroatoms. The summed E-state index contributed by atoms with van der Waals surface area (Å²) in [5, 5.41) is 3.74. The number of allylic oxidation sites excluding steroid dienone is 1. The van der Waals surface area contributed by atoms with Gasteiger partial charge >= 0.3 is 0 Å². The maximum atomic E-state index is 12.7. The molecule has 0 unspecified atom stereocenters. The number of nitrogens with zero attached hydrogens (tertiary/aromatic N) is 2. The standard InChI is InChI=1S/C18H13N3O2/c19-14-2-1-12-7-16(22)18(13-9-21-23-10-13)17(15(12)8-14)11-3-5-20-6-4-11/h1-6,8-10H,7,19H2. The fourth-order valence-corrected chi connectivity index (χ4v) is 2.97. The summed E-state index contributed by atoms with van der Waals surface area (Å²) in [5.41, 5.74) is 11.6. The van der Waals surface area contributed by atoms with Crippen molar-refractivity contribution in [2.75, 3.05) is 5.73 Å². The van der Waals surface area contributed by atoms with Crippen LogP contribution in [0.4, 0.5) is 5.69 Å². The highest BCUT2D eigenvalue weighted by molar-refractivity contribution is 6.32. The molecule has 0 aliphatic heterocycles. The quantitative estimate of drug-likeness (QED) is 0.736. The number of carbonyl (C=O) groups excluding carboxylic acids is 1. The first-order chi connectivity index (χ1) is 11.2. The van der Waals surface area contributed by atoms with Gasteiger partial charge in [-0.15, -0.1) is 0 Å². The van der Waals surface area contributed by atoms with Gasteiger partial charge in [-0.1, -0.05) is 11.2 Å². The van der Waals surface area contributed by atoms with Gasteiger partial charge in [-0.2, -0.15) is 0 Å². The van der Waals surface area contributed by atoms with Crippen LogP contribution in [-0.2, 0) is 11.2 Å². The van der Waals surface area contributed by atoms with Crippen LogP contribution in [0, 0.1) is 0 Å². The molecule has 1 aromatic carbocycles. The minimum absolute atomic E-state index is 0.0392. The van der Waals surface area contributed by atoms with Crippen molar-refractivity contribution in [1.29, 1.82) is 0 Å². The van der Waals surface area contributed by atoms with Gasteiger partial charge in [0.25, 0.3) is 0 Å². The van der Waals surface area contributed by atoms with Crippen molar-refractivity contribution in [2.24, 2.45) is 0 Å². The van der Waals surface area contributed by atoms with Gasteiger partial charge in [0.15, 0.2) is 5.78 Å². The highest BCUT2D eigenvalue weighted by atomic mass is 16.5. The molecule has 0 saturated heterocycles. The fourth-order valence-electron chi connectivity index (χ4n) is 2.97. The van der Waals surface area contributed by atoms with E-state index in [1.807, 2.05) is 30.3 Å². The molecule has 5 nitrogen and oxygen atoms in total. The van der Waals surface area contributed by atoms with Crippen molar-refractivity contribution in [1.82, 2.24) is 10.1 Å². The van der Waals surface area contributed by atoms with Gasteiger partial charge in [0, 0.05) is 41.2 Å². The highest BCUT2D eigenvalue weighted by Crippen LogP contribution is 2.39. The largest absolute Gasteiger partial charge is 0.399 e. The van der Waals surface area contributed by atoms with Crippen LogP contribution in [-0.4, -0.2) is 15.9 Å². The molecule has 2 N–H and O–H groups in total. The van der Waals surface area contributed by atoms with Crippen LogP contribution < -0.4 is 5.73 Å². The number of benzene rings is 1. The van der Waals surface area contributed by atoms with Crippen LogP contribution in [0.5, 0.6) is 0 Å². The highest BCUT2D eigenvalue weighted by Gasteiger charge is 2.28. The summed E-state index contributed by atoms with van der Waals surface area (Å²) in [5.74, 6) is 0.0392. The lowest BCUT2D eigenvalue weighted by Crippen LogP contribution is -2.16. The first-order valence-electron chi connectivity index (χ1n) is 7.20. The Morgan fingerprint density at radius 1 is 1.04 bits per heavy atom. The first-order valence-corrected chi connectivity index (χ1v) is 7.20. The van der Waals surface area contributed by atoms with Gasteiger partial charge in [0.2, 0.25) is 0 Å². The Kier molecular flexibility index (Phi) is 3.05. The number of ketones is 1. The first kappa shape index (κ1) is 13.5. The molecule has 0 saturated carbocycles. The molecular formula is C18H13N3O2. The number of Topliss-reactive ketones (excluding diaryl/α,β-unsaturated/α-hetero) is 1. The number of pyridine rings is 1. The van der Waals surface area contributed by atoms with E-state index >= 15 is 0 Å². The third-order valence-corrected chi connectivity index (χ3v) is 3.97. The molecular weight excluding hydrogens is 290 g/mol. The van der Waals surface area contributed by atoms with Crippen LogP contribution in [0.1, 0.15) is 22.3 Å². The molecule has 0 spiro atoms. The zero-order valence-electron chi connectivity index (χ0n) is 12.2. The summed E-state index contributed by atoms with van der Waals surface area (Å²) in [6, 6.07) is 9.41. The van der Waals surface area contributed by atoms with E-state index < -0.39 is 0 Å². The molecule has 23 heavy (non-hydrogen) atoms. The molecule has 4 rings (SSSR count). The summed E-state index contributed by atoms with van der Waals surface area (Å²) >= 11 is 0. The van der Waals surface area contributed by atoms with Crippen LogP contribution in [0.25, 0.3) is 11.1 Å². The number of nitrogen functional groups attached to an aromatic ring is 1. The van der Waals surface area contributed by atoms with E-state index in [1.165, 1.54) is 6.26 Å². The lowest BCUT2D eigenvalue weighted by molar-refractivity contribution is -0.113. The molecule has 0 bridgehead atoms. The van der Waals surface area contributed by atoms with E-state index in [0.29, 0.717) is 23.2 Å². The Labute approximate surface area is 132 Å². The van der Waals surface area contributed by atoms with Gasteiger partial charge in [-0.05, 0) is 41.0 Å². The minimum Gasteiger partial charge on any atom is -0.399 e. The van der Waals surface area contributed by atoms with Crippen molar-refractivity contribution in [2.45, 2.75) is 6.42 Å². The number of rotatable bonds is 2. The molecule has 1 aliphatic rings. The van der Waals surface area contributed by atoms with E-state index in [4.69, 9.17) is 10.3 Å². The average Bonchev–Trinajstić information content (AvgIpc) is 3.09. The Hall–Kier alpha value is -3.21. The zero-order valence-corrected chi connectivity index (χ0v) is 12.2. The Balaban J connectivity index is 2.08. The normalized spacial score (nSPS) is 14.0. The maximum Gasteiger partial charge on any atom is 0.168 e. The topological polar surface area (TPSA) is 82.0 Å². The summed E-state index contributed by atoms with van der Waals surface area (Å²) in [6.07, 6.45) is 6.80. The third kappa shape index (κ3) is 2.23. The second-order valence-electron chi connectivity index (χ2n) is 5.42. The van der Waals surface area contributed by atoms with Crippen LogP contribution >= 0.6 is 0 Å². The predicted molar refractivity (Wildman–Crippen MR) is 86.2 cm³/mol. The number of fused-ring (bicyclic) bond motifs is 1. The molecule has 2 heterocycles. The van der Waals surface area contributed by atoms with Gasteiger partial charge in [0.1, 0.15) is 6.26 Å². The smallest absolute Gasteiger partial charge is 0.168 e. The number of nitrogens with two attached hydrogens (primary N) is 1. The summed E-state index contributed by atoms with van der Waals surface area (Å²) < 4.78 is 4.94. The zero-order chi connectivity index (χ0) is 15.8. The molecule has 0 fully saturated rings. The molecule has 2 aromatic heterocycles. The number of hydrogen-bond donors (Lipinski definition) is 1. The Morgan fingerprint density at radius 3 is 2.61 bits per heavy atom. The monoisotopic (exact) mass is 303 g/mol. The fraction of sp³-hybridized carbons (Fsp3) is 0.0556. The molecule has 0 amide bonds. The maximum absolute atomic E-state index is 12.7. The van der Waals surface area contributed by atoms with E-state index in [1.54, 1.807) is 18.6 Å². The summed E-state index contributed by atoms with van der Waals surface area (Å²) in [7, 11) is 0. The molecule has 3 aromatic rings. The minimum atomic E-state index is 0.0392. The van der Waals surface area contributed by atoms with Crippen molar-refractivity contribution >= 4 is 22.6 Å². The van der Waals surface area contributed by atoms with Crippen molar-refractivity contribution in [3.63, 3.8) is 0 Å². The lowest BCUT2D eigenvalue weighted by Gasteiger charge is -2.22. The SMILES string of the molecule is Nc1ccc2c(c1)C(c1ccncc1)=C(c1cnoc1)C(=O)C2. The molecule has 1 aliphatic carbocycles. The predicted octanol–water partition coefficient (Wildman–Crippen LogP) is 2.74. The molecule has 112 valence electrons. The van der Waals surface area contributed by atoms with Crippen molar-refractivity contribution < 1.29 is 9.32 Å². The van der Waals surface area contributed by atoms with Gasteiger partial charge in [-0.3, -0.25) is 9.78 Å². The number of aromatic nitrogens is 2. The summed E-state index contributed by atoms with van der Waals surface area (Å²) in [4.78, 5) is 16.8. The second kappa shape index (κ2) is 5.21. The summed E-state index contributed by atoms with van der Waals surface area (Å²) in [6.45, 7) is 0. The van der Waals surface area contributed by atoms with E-state index in [-0.39, 0.29) is 5.78 Å². The number of carbonyl (C=O) groups is 1. The van der Waals surface area contributed by atoms with Crippen molar-refractivity contribution in [3.05, 3.63) is 77.4 Å². The van der Waals surface area contributed by atoms with Gasteiger partial charge in [0.05, 0.1) is 6.20 Å². The number of hydrogen-bond acceptors (Lipinski definition) is 5. The Morgan fingerprint density at radius 2 is 1.87 bits per heavy atom. The lowest BCUT2D eigenvalue weighted by atomic mass is 9.80. The second-order valence-corrected chi connectivity index (χ2v) is 5.42. The van der Waals surface area contributed by atoms with Crippen LogP contribution in [0.15, 0.2) is 59.7 Å². The van der Waals surface area contributed by atoms with Gasteiger partial charge in [-0.25, -0.2) is 0 Å². The third-order valence-electron chi connectivity index (χ3n) is 3.97. The van der Waals surface area contributed by atoms with Crippen LogP contribution in [0.3, 0.4) is 0 Å². The van der Waals surface area contributed by atoms with E-state index in [9.17, 15) is 4.79 Å². The van der Waals surface area contributed by atoms with Crippen molar-refractivity contribution in [3.8, 4) is 0 Å². The molecule has 0 atom stereocenters.